The van der Waals surface area contributed by atoms with E-state index in [1.54, 1.807) is 30.3 Å². The van der Waals surface area contributed by atoms with Crippen molar-refractivity contribution in [3.05, 3.63) is 111 Å². The Hall–Kier alpha value is -2.71. The van der Waals surface area contributed by atoms with Crippen molar-refractivity contribution < 1.29 is 53.7 Å². The topological polar surface area (TPSA) is 87.7 Å². The van der Waals surface area contributed by atoms with Crippen molar-refractivity contribution in [3.63, 3.8) is 0 Å². The Bertz CT molecular complexity index is 1550. The zero-order valence-corrected chi connectivity index (χ0v) is 25.6. The summed E-state index contributed by atoms with van der Waals surface area (Å²) in [6.45, 7) is 0.452. The van der Waals surface area contributed by atoms with Crippen molar-refractivity contribution in [3.8, 4) is 28.4 Å². The summed E-state index contributed by atoms with van der Waals surface area (Å²) < 4.78 is 11.5. The number of carboxylic acid groups (broad SMARTS) is 1. The molecular weight excluding hydrogens is 584 g/mol. The second-order valence-corrected chi connectivity index (χ2v) is 10.1. The van der Waals surface area contributed by atoms with Gasteiger partial charge in [-0.3, -0.25) is 4.79 Å². The minimum absolute atomic E-state index is 0. The molecule has 4 aromatic rings. The van der Waals surface area contributed by atoms with E-state index < -0.39 is 11.9 Å². The number of nitrogens with one attached hydrogen (secondary N) is 1. The minimum Gasteiger partial charge on any atom is -0.549 e. The van der Waals surface area contributed by atoms with Gasteiger partial charge in [0.2, 0.25) is 0 Å². The van der Waals surface area contributed by atoms with Crippen LogP contribution >= 0.6 is 34.8 Å². The van der Waals surface area contributed by atoms with E-state index in [1.807, 2.05) is 42.5 Å². The third-order valence-electron chi connectivity index (χ3n) is 6.42. The van der Waals surface area contributed by atoms with E-state index in [0.29, 0.717) is 50.4 Å². The predicted molar refractivity (Wildman–Crippen MR) is 149 cm³/mol. The van der Waals surface area contributed by atoms with Gasteiger partial charge in [-0.05, 0) is 47.9 Å². The maximum atomic E-state index is 12.8. The fourth-order valence-corrected chi connectivity index (χ4v) is 5.09. The summed E-state index contributed by atoms with van der Waals surface area (Å²) in [6, 6.07) is 23.0. The first kappa shape index (κ1) is 30.3. The van der Waals surface area contributed by atoms with Crippen molar-refractivity contribution in [2.75, 3.05) is 6.61 Å². The number of benzene rings is 4. The molecule has 1 amide bonds. The van der Waals surface area contributed by atoms with Crippen LogP contribution in [-0.2, 0) is 11.3 Å². The van der Waals surface area contributed by atoms with Gasteiger partial charge in [0.05, 0.1) is 21.7 Å². The smallest absolute Gasteiger partial charge is 0.549 e. The van der Waals surface area contributed by atoms with Crippen LogP contribution in [0.2, 0.25) is 15.1 Å². The third kappa shape index (κ3) is 6.60. The molecule has 0 aliphatic carbocycles. The number of carboxylic acids is 1. The number of fused-ring (bicyclic) bond motifs is 1. The normalized spacial score (nSPS) is 13.8. The predicted octanol–water partition coefficient (Wildman–Crippen LogP) is 3.66. The number of aliphatic carboxylic acids is 1. The molecule has 1 heterocycles. The summed E-state index contributed by atoms with van der Waals surface area (Å²) in [6.07, 6.45) is 0.313. The van der Waals surface area contributed by atoms with Gasteiger partial charge in [-0.25, -0.2) is 0 Å². The van der Waals surface area contributed by atoms with E-state index in [9.17, 15) is 14.7 Å². The van der Waals surface area contributed by atoms with E-state index in [-0.39, 0.29) is 53.6 Å². The van der Waals surface area contributed by atoms with Crippen LogP contribution in [0.15, 0.2) is 78.9 Å². The molecule has 0 radical (unpaired) electrons. The van der Waals surface area contributed by atoms with Gasteiger partial charge in [-0.1, -0.05) is 77.3 Å². The van der Waals surface area contributed by atoms with Crippen molar-refractivity contribution in [1.29, 1.82) is 0 Å². The summed E-state index contributed by atoms with van der Waals surface area (Å²) in [5.74, 6) is -1.13. The van der Waals surface area contributed by atoms with Crippen LogP contribution in [0.4, 0.5) is 0 Å². The average molecular weight is 605 g/mol. The number of hydrogen-bond acceptors (Lipinski definition) is 5. The van der Waals surface area contributed by atoms with Crippen molar-refractivity contribution in [1.82, 2.24) is 5.32 Å². The molecule has 198 valence electrons. The number of halogens is 3. The molecule has 1 aliphatic rings. The van der Waals surface area contributed by atoms with Crippen LogP contribution in [0, 0.1) is 0 Å². The second kappa shape index (κ2) is 13.3. The molecule has 6 nitrogen and oxygen atoms in total. The van der Waals surface area contributed by atoms with E-state index in [4.69, 9.17) is 44.3 Å². The van der Waals surface area contributed by atoms with Crippen molar-refractivity contribution in [2.45, 2.75) is 18.9 Å². The maximum Gasteiger partial charge on any atom is 1.00 e. The van der Waals surface area contributed by atoms with E-state index in [0.717, 1.165) is 11.1 Å². The molecule has 0 saturated carbocycles. The minimum atomic E-state index is -1.17. The third-order valence-corrected chi connectivity index (χ3v) is 7.64. The van der Waals surface area contributed by atoms with Gasteiger partial charge in [-0.15, -0.1) is 0 Å². The zero-order chi connectivity index (χ0) is 27.5. The van der Waals surface area contributed by atoms with Crippen LogP contribution in [0.3, 0.4) is 0 Å². The molecule has 0 fully saturated rings. The summed E-state index contributed by atoms with van der Waals surface area (Å²) >= 11 is 19.4. The number of carbonyl (C=O) groups excluding carboxylic acids is 2. The molecule has 40 heavy (non-hydrogen) atoms. The zero-order valence-electron chi connectivity index (χ0n) is 21.4. The summed E-state index contributed by atoms with van der Waals surface area (Å²) in [5, 5.41) is 15.3. The van der Waals surface area contributed by atoms with Crippen LogP contribution in [0.5, 0.6) is 17.2 Å². The standard InChI is InChI=1S/C30H22Cl3NO5.Na/c31-24-14-23-22(30(36)37)12-13-38-25(23)15-26(24)39-20-9-6-18(7-10-20)29(35)34-16-19-8-11-21(28(33)27(19)32)17-4-2-1-3-5-17;/h1-11,14-15,22H,12-13,16H2,(H,34,35)(H,36,37);/q;+1/p-1. The Morgan fingerprint density at radius 2 is 1.68 bits per heavy atom. The first-order valence-corrected chi connectivity index (χ1v) is 13.2. The molecule has 5 rings (SSSR count). The molecular formula is C30H21Cl3NNaO5. The Labute approximate surface area is 268 Å². The summed E-state index contributed by atoms with van der Waals surface area (Å²) in [7, 11) is 0. The van der Waals surface area contributed by atoms with Crippen molar-refractivity contribution in [2.24, 2.45) is 0 Å². The van der Waals surface area contributed by atoms with Gasteiger partial charge in [0, 0.05) is 41.2 Å². The number of hydrogen-bond donors (Lipinski definition) is 1. The molecule has 1 unspecified atom stereocenters. The van der Waals surface area contributed by atoms with Gasteiger partial charge >= 0.3 is 29.6 Å². The Balaban J connectivity index is 0.00000370. The molecule has 4 aromatic carbocycles. The van der Waals surface area contributed by atoms with Gasteiger partial charge in [-0.2, -0.15) is 0 Å². The SMILES string of the molecule is O=C(NCc1ccc(-c2ccccc2)c(Cl)c1Cl)c1ccc(Oc2cc3c(cc2Cl)C(C(=O)[O-])CCO3)cc1.[Na+]. The Morgan fingerprint density at radius 1 is 0.950 bits per heavy atom. The van der Waals surface area contributed by atoms with Crippen LogP contribution in [0.25, 0.3) is 11.1 Å². The molecule has 1 atom stereocenters. The van der Waals surface area contributed by atoms with E-state index in [1.165, 1.54) is 6.07 Å². The average Bonchev–Trinajstić information content (AvgIpc) is 2.94. The molecule has 0 saturated heterocycles. The summed E-state index contributed by atoms with van der Waals surface area (Å²) in [5.41, 5.74) is 3.34. The molecule has 0 spiro atoms. The van der Waals surface area contributed by atoms with E-state index in [2.05, 4.69) is 5.32 Å². The Kier molecular flexibility index (Phi) is 10.1. The van der Waals surface area contributed by atoms with Gasteiger partial charge in [0.25, 0.3) is 5.91 Å². The van der Waals surface area contributed by atoms with Crippen molar-refractivity contribution >= 4 is 46.7 Å². The first-order chi connectivity index (χ1) is 18.8. The van der Waals surface area contributed by atoms with Gasteiger partial charge < -0.3 is 24.7 Å². The van der Waals surface area contributed by atoms with Gasteiger partial charge in [0.1, 0.15) is 17.2 Å². The fraction of sp³-hybridized carbons (Fsp3) is 0.133. The van der Waals surface area contributed by atoms with Crippen LogP contribution in [-0.4, -0.2) is 18.5 Å². The molecule has 0 bridgehead atoms. The van der Waals surface area contributed by atoms with Crippen LogP contribution < -0.4 is 49.5 Å². The Morgan fingerprint density at radius 3 is 2.38 bits per heavy atom. The van der Waals surface area contributed by atoms with Crippen LogP contribution in [0.1, 0.15) is 33.8 Å². The molecule has 0 aromatic heterocycles. The monoisotopic (exact) mass is 603 g/mol. The first-order valence-electron chi connectivity index (χ1n) is 12.1. The quantitative estimate of drug-likeness (QED) is 0.326. The number of rotatable bonds is 7. The fourth-order valence-electron chi connectivity index (χ4n) is 4.36. The van der Waals surface area contributed by atoms with Gasteiger partial charge in [0.15, 0.2) is 0 Å². The van der Waals surface area contributed by atoms with E-state index >= 15 is 0 Å². The molecule has 1 aliphatic heterocycles. The number of carbonyl (C=O) groups is 2. The summed E-state index contributed by atoms with van der Waals surface area (Å²) in [4.78, 5) is 24.2. The molecule has 10 heteroatoms. The largest absolute Gasteiger partial charge is 1.00 e. The second-order valence-electron chi connectivity index (χ2n) is 8.90. The molecule has 1 N–H and O–H groups in total. The number of amides is 1. The number of ether oxygens (including phenoxy) is 2. The maximum absolute atomic E-state index is 12.8.